The lowest BCUT2D eigenvalue weighted by molar-refractivity contribution is -0.126. The Labute approximate surface area is 126 Å². The van der Waals surface area contributed by atoms with Gasteiger partial charge in [-0.3, -0.25) is 4.79 Å². The van der Waals surface area contributed by atoms with E-state index in [0.717, 1.165) is 44.8 Å². The van der Waals surface area contributed by atoms with E-state index in [0.29, 0.717) is 19.5 Å². The molecule has 1 heterocycles. The zero-order chi connectivity index (χ0) is 15.5. The summed E-state index contributed by atoms with van der Waals surface area (Å²) in [6.45, 7) is 0.937. The number of nitrogens with zero attached hydrogens (tertiary/aromatic N) is 1. The van der Waals surface area contributed by atoms with E-state index < -0.39 is 16.1 Å². The lowest BCUT2D eigenvalue weighted by atomic mass is 9.87. The van der Waals surface area contributed by atoms with Gasteiger partial charge in [-0.15, -0.1) is 0 Å². The van der Waals surface area contributed by atoms with Crippen molar-refractivity contribution in [2.75, 3.05) is 26.0 Å². The summed E-state index contributed by atoms with van der Waals surface area (Å²) in [4.78, 5) is 12.4. The van der Waals surface area contributed by atoms with Crippen LogP contribution in [0.2, 0.25) is 0 Å². The smallest absolute Gasteiger partial charge is 0.238 e. The molecular formula is C14H26N2O4S. The van der Waals surface area contributed by atoms with Crippen molar-refractivity contribution in [3.05, 3.63) is 0 Å². The standard InChI is InChI=1S/C14H26N2O4S/c1-21(19,20)16-9-5-2-6-12(16)13(18)15-10-14(11-17)7-3-4-8-14/h12,17H,2-11H2,1H3,(H,15,18). The average molecular weight is 318 g/mol. The maximum absolute atomic E-state index is 12.4. The van der Waals surface area contributed by atoms with Crippen molar-refractivity contribution in [3.63, 3.8) is 0 Å². The Hall–Kier alpha value is -0.660. The Morgan fingerprint density at radius 1 is 1.29 bits per heavy atom. The molecule has 0 aromatic heterocycles. The van der Waals surface area contributed by atoms with Gasteiger partial charge in [0.2, 0.25) is 15.9 Å². The Morgan fingerprint density at radius 3 is 2.52 bits per heavy atom. The number of sulfonamides is 1. The Kier molecular flexibility index (Phi) is 5.27. The van der Waals surface area contributed by atoms with Gasteiger partial charge in [0.05, 0.1) is 12.9 Å². The summed E-state index contributed by atoms with van der Waals surface area (Å²) in [5.41, 5.74) is -0.208. The number of amides is 1. The first-order valence-corrected chi connectivity index (χ1v) is 9.58. The molecule has 1 saturated carbocycles. The van der Waals surface area contributed by atoms with Crippen LogP contribution in [0.4, 0.5) is 0 Å². The predicted octanol–water partition coefficient (Wildman–Crippen LogP) is 0.469. The van der Waals surface area contributed by atoms with E-state index in [4.69, 9.17) is 0 Å². The van der Waals surface area contributed by atoms with Crippen LogP contribution in [0.15, 0.2) is 0 Å². The van der Waals surface area contributed by atoms with Crippen molar-refractivity contribution in [2.45, 2.75) is 51.0 Å². The molecule has 1 aliphatic heterocycles. The number of aliphatic hydroxyl groups excluding tert-OH is 1. The summed E-state index contributed by atoms with van der Waals surface area (Å²) in [6.07, 6.45) is 7.40. The van der Waals surface area contributed by atoms with Gasteiger partial charge in [0.25, 0.3) is 0 Å². The van der Waals surface area contributed by atoms with Crippen LogP contribution in [0, 0.1) is 5.41 Å². The number of hydrogen-bond acceptors (Lipinski definition) is 4. The third-order valence-electron chi connectivity index (χ3n) is 4.82. The maximum Gasteiger partial charge on any atom is 0.238 e. The van der Waals surface area contributed by atoms with Crippen molar-refractivity contribution in [2.24, 2.45) is 5.41 Å². The Morgan fingerprint density at radius 2 is 1.95 bits per heavy atom. The van der Waals surface area contributed by atoms with Crippen molar-refractivity contribution in [1.29, 1.82) is 0 Å². The van der Waals surface area contributed by atoms with Crippen LogP contribution in [0.5, 0.6) is 0 Å². The van der Waals surface area contributed by atoms with Gasteiger partial charge in [-0.25, -0.2) is 8.42 Å². The fourth-order valence-electron chi connectivity index (χ4n) is 3.47. The van der Waals surface area contributed by atoms with Gasteiger partial charge in [-0.05, 0) is 25.7 Å². The minimum Gasteiger partial charge on any atom is -0.396 e. The molecule has 1 saturated heterocycles. The second kappa shape index (κ2) is 6.62. The SMILES string of the molecule is CS(=O)(=O)N1CCCCC1C(=O)NCC1(CO)CCCC1. The lowest BCUT2D eigenvalue weighted by Crippen LogP contribution is -2.53. The molecule has 2 rings (SSSR count). The van der Waals surface area contributed by atoms with Crippen LogP contribution in [0.1, 0.15) is 44.9 Å². The molecule has 122 valence electrons. The number of piperidine rings is 1. The molecule has 0 radical (unpaired) electrons. The van der Waals surface area contributed by atoms with E-state index in [1.807, 2.05) is 0 Å². The van der Waals surface area contributed by atoms with Crippen LogP contribution < -0.4 is 5.32 Å². The van der Waals surface area contributed by atoms with E-state index in [1.165, 1.54) is 4.31 Å². The molecule has 2 fully saturated rings. The van der Waals surface area contributed by atoms with Gasteiger partial charge in [0.15, 0.2) is 0 Å². The molecule has 7 heteroatoms. The number of hydrogen-bond donors (Lipinski definition) is 2. The van der Waals surface area contributed by atoms with Crippen LogP contribution >= 0.6 is 0 Å². The molecule has 21 heavy (non-hydrogen) atoms. The second-order valence-electron chi connectivity index (χ2n) is 6.47. The first-order chi connectivity index (χ1) is 9.88. The van der Waals surface area contributed by atoms with E-state index >= 15 is 0 Å². The summed E-state index contributed by atoms with van der Waals surface area (Å²) < 4.78 is 24.9. The molecule has 2 aliphatic rings. The Balaban J connectivity index is 1.98. The summed E-state index contributed by atoms with van der Waals surface area (Å²) >= 11 is 0. The highest BCUT2D eigenvalue weighted by atomic mass is 32.2. The van der Waals surface area contributed by atoms with Crippen molar-refractivity contribution >= 4 is 15.9 Å². The quantitative estimate of drug-likeness (QED) is 0.771. The van der Waals surface area contributed by atoms with Gasteiger partial charge < -0.3 is 10.4 Å². The van der Waals surface area contributed by atoms with Crippen molar-refractivity contribution in [3.8, 4) is 0 Å². The summed E-state index contributed by atoms with van der Waals surface area (Å²) in [5, 5.41) is 12.4. The van der Waals surface area contributed by atoms with Gasteiger partial charge in [-0.2, -0.15) is 4.31 Å². The molecule has 0 bridgehead atoms. The van der Waals surface area contributed by atoms with Crippen molar-refractivity contribution in [1.82, 2.24) is 9.62 Å². The number of aliphatic hydroxyl groups is 1. The van der Waals surface area contributed by atoms with Gasteiger partial charge in [0.1, 0.15) is 6.04 Å². The molecule has 1 unspecified atom stereocenters. The first kappa shape index (κ1) is 16.7. The minimum atomic E-state index is -3.36. The normalized spacial score (nSPS) is 26.7. The Bertz CT molecular complexity index is 471. The molecule has 1 amide bonds. The average Bonchev–Trinajstić information content (AvgIpc) is 2.93. The molecule has 0 spiro atoms. The fraction of sp³-hybridized carbons (Fsp3) is 0.929. The number of rotatable bonds is 5. The van der Waals surface area contributed by atoms with Gasteiger partial charge in [-0.1, -0.05) is 19.3 Å². The van der Waals surface area contributed by atoms with Gasteiger partial charge in [0, 0.05) is 18.5 Å². The third-order valence-corrected chi connectivity index (χ3v) is 6.11. The van der Waals surface area contributed by atoms with Crippen molar-refractivity contribution < 1.29 is 18.3 Å². The summed E-state index contributed by atoms with van der Waals surface area (Å²) in [7, 11) is -3.36. The number of carbonyl (C=O) groups excluding carboxylic acids is 1. The lowest BCUT2D eigenvalue weighted by Gasteiger charge is -2.34. The van der Waals surface area contributed by atoms with E-state index in [-0.39, 0.29) is 17.9 Å². The minimum absolute atomic E-state index is 0.0771. The van der Waals surface area contributed by atoms with E-state index in [1.54, 1.807) is 0 Å². The molecule has 1 atom stereocenters. The highest BCUT2D eigenvalue weighted by Crippen LogP contribution is 2.37. The monoisotopic (exact) mass is 318 g/mol. The van der Waals surface area contributed by atoms with E-state index in [2.05, 4.69) is 5.32 Å². The molecule has 0 aromatic carbocycles. The van der Waals surface area contributed by atoms with Crippen LogP contribution in [0.3, 0.4) is 0 Å². The first-order valence-electron chi connectivity index (χ1n) is 7.73. The molecule has 0 aromatic rings. The van der Waals surface area contributed by atoms with E-state index in [9.17, 15) is 18.3 Å². The number of carbonyl (C=O) groups is 1. The second-order valence-corrected chi connectivity index (χ2v) is 8.40. The predicted molar refractivity (Wildman–Crippen MR) is 80.2 cm³/mol. The van der Waals surface area contributed by atoms with Crippen LogP contribution in [0.25, 0.3) is 0 Å². The molecule has 6 nitrogen and oxygen atoms in total. The molecule has 2 N–H and O–H groups in total. The zero-order valence-electron chi connectivity index (χ0n) is 12.7. The topological polar surface area (TPSA) is 86.7 Å². The van der Waals surface area contributed by atoms with Crippen LogP contribution in [-0.4, -0.2) is 55.7 Å². The largest absolute Gasteiger partial charge is 0.396 e. The highest BCUT2D eigenvalue weighted by molar-refractivity contribution is 7.88. The number of nitrogens with one attached hydrogen (secondary N) is 1. The molecule has 1 aliphatic carbocycles. The van der Waals surface area contributed by atoms with Gasteiger partial charge >= 0.3 is 0 Å². The summed E-state index contributed by atoms with van der Waals surface area (Å²) in [5.74, 6) is -0.222. The fourth-order valence-corrected chi connectivity index (χ4v) is 4.60. The highest BCUT2D eigenvalue weighted by Gasteiger charge is 2.37. The maximum atomic E-state index is 12.4. The van der Waals surface area contributed by atoms with Crippen LogP contribution in [-0.2, 0) is 14.8 Å². The summed E-state index contributed by atoms with van der Waals surface area (Å²) in [6, 6.07) is -0.592. The third kappa shape index (κ3) is 3.96. The molecular weight excluding hydrogens is 292 g/mol. The zero-order valence-corrected chi connectivity index (χ0v) is 13.5.